The second-order valence-electron chi connectivity index (χ2n) is 5.13. The first-order valence-corrected chi connectivity index (χ1v) is 6.89. The number of hydrogen-bond donors (Lipinski definition) is 0. The quantitative estimate of drug-likeness (QED) is 0.477. The Morgan fingerprint density at radius 2 is 2.23 bits per heavy atom. The molecule has 0 atom stereocenters. The average Bonchev–Trinajstić information content (AvgIpc) is 2.88. The molecule has 1 fully saturated rings. The number of carbonyl (C=O) groups excluding carboxylic acids is 1. The molecule has 114 valence electrons. The van der Waals surface area contributed by atoms with Crippen molar-refractivity contribution in [2.75, 3.05) is 7.11 Å². The minimum atomic E-state index is -0.511. The van der Waals surface area contributed by atoms with Gasteiger partial charge in [0.2, 0.25) is 0 Å². The van der Waals surface area contributed by atoms with Crippen molar-refractivity contribution in [1.82, 2.24) is 15.0 Å². The summed E-state index contributed by atoms with van der Waals surface area (Å²) in [5.74, 6) is 0.394. The van der Waals surface area contributed by atoms with Crippen LogP contribution in [0.1, 0.15) is 41.4 Å². The number of rotatable bonds is 5. The maximum absolute atomic E-state index is 11.1. The molecule has 8 heteroatoms. The average molecular weight is 302 g/mol. The summed E-state index contributed by atoms with van der Waals surface area (Å²) in [6.07, 6.45) is 3.70. The fraction of sp³-hybridized carbons (Fsp3) is 0.357. The number of carbonyl (C=O) groups is 1. The van der Waals surface area contributed by atoms with Gasteiger partial charge in [0, 0.05) is 12.0 Å². The number of ether oxygens (including phenoxy) is 1. The van der Waals surface area contributed by atoms with Crippen LogP contribution >= 0.6 is 0 Å². The van der Waals surface area contributed by atoms with Gasteiger partial charge in [0.15, 0.2) is 12.0 Å². The monoisotopic (exact) mass is 302 g/mol. The fourth-order valence-electron chi connectivity index (χ4n) is 2.59. The van der Waals surface area contributed by atoms with Gasteiger partial charge in [-0.25, -0.2) is 4.68 Å². The highest BCUT2D eigenvalue weighted by Crippen LogP contribution is 2.38. The molecule has 1 saturated carbocycles. The van der Waals surface area contributed by atoms with Crippen LogP contribution in [0.2, 0.25) is 0 Å². The van der Waals surface area contributed by atoms with E-state index in [9.17, 15) is 14.9 Å². The van der Waals surface area contributed by atoms with Crippen molar-refractivity contribution in [3.63, 3.8) is 0 Å². The summed E-state index contributed by atoms with van der Waals surface area (Å²) in [7, 11) is 1.38. The Bertz CT molecular complexity index is 736. The van der Waals surface area contributed by atoms with E-state index in [0.717, 1.165) is 25.0 Å². The van der Waals surface area contributed by atoms with E-state index in [0.29, 0.717) is 17.7 Å². The largest absolute Gasteiger partial charge is 0.490 e. The topological polar surface area (TPSA) is 100 Å². The lowest BCUT2D eigenvalue weighted by atomic mass is 9.82. The van der Waals surface area contributed by atoms with Crippen LogP contribution < -0.4 is 4.74 Å². The third kappa shape index (κ3) is 2.22. The lowest BCUT2D eigenvalue weighted by Crippen LogP contribution is -2.16. The second-order valence-corrected chi connectivity index (χ2v) is 5.13. The van der Waals surface area contributed by atoms with Crippen LogP contribution in [0, 0.1) is 10.1 Å². The zero-order chi connectivity index (χ0) is 15.7. The van der Waals surface area contributed by atoms with Crippen molar-refractivity contribution >= 4 is 12.0 Å². The third-order valence-corrected chi connectivity index (χ3v) is 3.94. The normalized spacial score (nSPS) is 14.4. The molecule has 3 rings (SSSR count). The molecule has 1 aromatic carbocycles. The van der Waals surface area contributed by atoms with Gasteiger partial charge in [0.05, 0.1) is 23.4 Å². The van der Waals surface area contributed by atoms with E-state index in [1.165, 1.54) is 23.9 Å². The number of nitro benzene ring substituents is 1. The van der Waals surface area contributed by atoms with Crippen molar-refractivity contribution < 1.29 is 14.5 Å². The molecular formula is C14H14N4O4. The highest BCUT2D eigenvalue weighted by molar-refractivity contribution is 5.74. The summed E-state index contributed by atoms with van der Waals surface area (Å²) in [6.45, 7) is 0. The Morgan fingerprint density at radius 3 is 2.77 bits per heavy atom. The molecule has 0 unspecified atom stereocenters. The maximum Gasteiger partial charge on any atom is 0.313 e. The van der Waals surface area contributed by atoms with E-state index in [-0.39, 0.29) is 17.4 Å². The third-order valence-electron chi connectivity index (χ3n) is 3.94. The van der Waals surface area contributed by atoms with E-state index in [2.05, 4.69) is 10.3 Å². The standard InChI is InChI=1S/C14H14N4O4/c1-22-13-6-5-10(7-12(13)18(20)21)17-14(9-3-2-4-9)11(8-19)15-16-17/h5-9H,2-4H2,1H3. The Morgan fingerprint density at radius 1 is 1.45 bits per heavy atom. The SMILES string of the molecule is COc1ccc(-n2nnc(C=O)c2C2CCC2)cc1[N+](=O)[O-]. The van der Waals surface area contributed by atoms with Crippen LogP contribution in [-0.2, 0) is 0 Å². The summed E-state index contributed by atoms with van der Waals surface area (Å²) in [5.41, 5.74) is 1.36. The van der Waals surface area contributed by atoms with E-state index >= 15 is 0 Å². The van der Waals surface area contributed by atoms with Crippen LogP contribution in [-0.4, -0.2) is 33.3 Å². The van der Waals surface area contributed by atoms with Crippen molar-refractivity contribution in [3.05, 3.63) is 39.7 Å². The highest BCUT2D eigenvalue weighted by atomic mass is 16.6. The van der Waals surface area contributed by atoms with Crippen molar-refractivity contribution in [2.24, 2.45) is 0 Å². The van der Waals surface area contributed by atoms with Crippen LogP contribution in [0.3, 0.4) is 0 Å². The van der Waals surface area contributed by atoms with Gasteiger partial charge in [-0.15, -0.1) is 5.10 Å². The van der Waals surface area contributed by atoms with Gasteiger partial charge in [-0.1, -0.05) is 11.6 Å². The van der Waals surface area contributed by atoms with E-state index in [4.69, 9.17) is 4.74 Å². The van der Waals surface area contributed by atoms with Gasteiger partial charge in [-0.3, -0.25) is 14.9 Å². The first kappa shape index (κ1) is 14.2. The molecule has 0 radical (unpaired) electrons. The summed E-state index contributed by atoms with van der Waals surface area (Å²) in [4.78, 5) is 21.8. The predicted molar refractivity (Wildman–Crippen MR) is 76.5 cm³/mol. The van der Waals surface area contributed by atoms with E-state index in [1.807, 2.05) is 0 Å². The molecule has 1 aromatic heterocycles. The van der Waals surface area contributed by atoms with Gasteiger partial charge < -0.3 is 4.74 Å². The van der Waals surface area contributed by atoms with Gasteiger partial charge in [-0.2, -0.15) is 0 Å². The maximum atomic E-state index is 11.1. The van der Waals surface area contributed by atoms with E-state index in [1.54, 1.807) is 6.07 Å². The second kappa shape index (κ2) is 5.55. The van der Waals surface area contributed by atoms with Gasteiger partial charge in [0.1, 0.15) is 5.69 Å². The molecule has 22 heavy (non-hydrogen) atoms. The van der Waals surface area contributed by atoms with Gasteiger partial charge in [0.25, 0.3) is 0 Å². The van der Waals surface area contributed by atoms with Crippen LogP contribution in [0.5, 0.6) is 5.75 Å². The smallest absolute Gasteiger partial charge is 0.313 e. The number of hydrogen-bond acceptors (Lipinski definition) is 6. The Balaban J connectivity index is 2.11. The molecule has 0 N–H and O–H groups in total. The predicted octanol–water partition coefficient (Wildman–Crippen LogP) is 2.26. The lowest BCUT2D eigenvalue weighted by molar-refractivity contribution is -0.385. The van der Waals surface area contributed by atoms with Crippen molar-refractivity contribution in [2.45, 2.75) is 25.2 Å². The molecule has 1 aliphatic carbocycles. The number of aromatic nitrogens is 3. The summed E-state index contributed by atoms with van der Waals surface area (Å²) in [5, 5.41) is 19.0. The van der Waals surface area contributed by atoms with Crippen molar-refractivity contribution in [3.8, 4) is 11.4 Å². The van der Waals surface area contributed by atoms with Gasteiger partial charge in [-0.05, 0) is 25.0 Å². The van der Waals surface area contributed by atoms with Crippen LogP contribution in [0.25, 0.3) is 5.69 Å². The first-order valence-electron chi connectivity index (χ1n) is 6.89. The van der Waals surface area contributed by atoms with Crippen molar-refractivity contribution in [1.29, 1.82) is 0 Å². The number of aldehydes is 1. The summed E-state index contributed by atoms with van der Waals surface area (Å²) >= 11 is 0. The zero-order valence-corrected chi connectivity index (χ0v) is 11.9. The van der Waals surface area contributed by atoms with Gasteiger partial charge >= 0.3 is 5.69 Å². The molecule has 0 spiro atoms. The van der Waals surface area contributed by atoms with Crippen LogP contribution in [0.15, 0.2) is 18.2 Å². The molecule has 1 aliphatic rings. The number of nitrogens with zero attached hydrogens (tertiary/aromatic N) is 4. The minimum Gasteiger partial charge on any atom is -0.490 e. The molecule has 0 aliphatic heterocycles. The summed E-state index contributed by atoms with van der Waals surface area (Å²) in [6, 6.07) is 4.56. The minimum absolute atomic E-state index is 0.150. The Kier molecular flexibility index (Phi) is 3.58. The fourth-order valence-corrected chi connectivity index (χ4v) is 2.59. The first-order chi connectivity index (χ1) is 10.7. The molecule has 0 amide bonds. The number of nitro groups is 1. The summed E-state index contributed by atoms with van der Waals surface area (Å²) < 4.78 is 6.50. The highest BCUT2D eigenvalue weighted by Gasteiger charge is 2.29. The Labute approximate surface area is 125 Å². The molecule has 0 saturated heterocycles. The van der Waals surface area contributed by atoms with E-state index < -0.39 is 4.92 Å². The molecule has 0 bridgehead atoms. The molecule has 2 aromatic rings. The van der Waals surface area contributed by atoms with Crippen LogP contribution in [0.4, 0.5) is 5.69 Å². The number of benzene rings is 1. The molecule has 1 heterocycles. The molecule has 8 nitrogen and oxygen atoms in total. The molecular weight excluding hydrogens is 288 g/mol. The zero-order valence-electron chi connectivity index (χ0n) is 11.9. The lowest BCUT2D eigenvalue weighted by Gasteiger charge is -2.26. The Hall–Kier alpha value is -2.77. The number of methoxy groups -OCH3 is 1.